The van der Waals surface area contributed by atoms with E-state index in [0.29, 0.717) is 13.1 Å². The minimum atomic E-state index is 0. The highest BCUT2D eigenvalue weighted by molar-refractivity contribution is 14.0. The van der Waals surface area contributed by atoms with E-state index in [1.807, 2.05) is 11.5 Å². The monoisotopic (exact) mass is 438 g/mol. The molecule has 23 heavy (non-hydrogen) atoms. The summed E-state index contributed by atoms with van der Waals surface area (Å²) in [6.07, 6.45) is 1.84. The van der Waals surface area contributed by atoms with Crippen molar-refractivity contribution in [2.45, 2.75) is 53.8 Å². The van der Waals surface area contributed by atoms with Gasteiger partial charge in [0.15, 0.2) is 11.8 Å². The van der Waals surface area contributed by atoms with Crippen LogP contribution in [0.25, 0.3) is 0 Å². The fourth-order valence-electron chi connectivity index (χ4n) is 2.09. The lowest BCUT2D eigenvalue weighted by molar-refractivity contribution is 0.0205. The lowest BCUT2D eigenvalue weighted by atomic mass is 9.89. The molecule has 1 aromatic heterocycles. The molecule has 1 aromatic rings. The second kappa shape index (κ2) is 10.8. The van der Waals surface area contributed by atoms with Crippen LogP contribution in [0.3, 0.4) is 0 Å². The third-order valence-electron chi connectivity index (χ3n) is 3.46. The lowest BCUT2D eigenvalue weighted by Gasteiger charge is -2.30. The Labute approximate surface area is 156 Å². The molecule has 0 aromatic carbocycles. The van der Waals surface area contributed by atoms with E-state index >= 15 is 0 Å². The van der Waals surface area contributed by atoms with Crippen LogP contribution in [0.4, 0.5) is 0 Å². The molecule has 0 aliphatic rings. The number of methoxy groups -OCH3 is 1. The fraction of sp³-hybridized carbons (Fsp3) is 0.800. The second-order valence-electron chi connectivity index (χ2n) is 6.20. The molecule has 0 fully saturated rings. The van der Waals surface area contributed by atoms with Gasteiger partial charge in [-0.15, -0.1) is 34.2 Å². The quantitative estimate of drug-likeness (QED) is 0.387. The molecule has 0 radical (unpaired) electrons. The van der Waals surface area contributed by atoms with E-state index in [1.54, 1.807) is 13.4 Å². The van der Waals surface area contributed by atoms with Gasteiger partial charge in [-0.05, 0) is 19.3 Å². The van der Waals surface area contributed by atoms with Gasteiger partial charge in [-0.25, -0.2) is 4.99 Å². The molecule has 7 nitrogen and oxygen atoms in total. The summed E-state index contributed by atoms with van der Waals surface area (Å²) in [5.41, 5.74) is 0.0709. The maximum Gasteiger partial charge on any atom is 0.191 e. The normalized spacial score (nSPS) is 13.4. The minimum absolute atomic E-state index is 0. The number of rotatable bonds is 7. The van der Waals surface area contributed by atoms with Crippen LogP contribution in [-0.2, 0) is 17.8 Å². The number of guanidine groups is 1. The second-order valence-corrected chi connectivity index (χ2v) is 6.20. The lowest BCUT2D eigenvalue weighted by Crippen LogP contribution is -2.45. The van der Waals surface area contributed by atoms with Gasteiger partial charge in [-0.2, -0.15) is 0 Å². The summed E-state index contributed by atoms with van der Waals surface area (Å²) in [7, 11) is 1.74. The molecule has 8 heteroatoms. The largest absolute Gasteiger partial charge is 0.379 e. The molecule has 0 amide bonds. The molecule has 0 saturated heterocycles. The van der Waals surface area contributed by atoms with Crippen molar-refractivity contribution in [3.05, 3.63) is 12.2 Å². The van der Waals surface area contributed by atoms with Crippen molar-refractivity contribution in [3.8, 4) is 0 Å². The molecule has 0 aliphatic heterocycles. The first-order valence-corrected chi connectivity index (χ1v) is 7.84. The van der Waals surface area contributed by atoms with Crippen LogP contribution in [-0.4, -0.2) is 47.0 Å². The third kappa shape index (κ3) is 7.47. The molecular weight excluding hydrogens is 407 g/mol. The van der Waals surface area contributed by atoms with E-state index in [0.717, 1.165) is 24.9 Å². The topological polar surface area (TPSA) is 76.4 Å². The van der Waals surface area contributed by atoms with Gasteiger partial charge in [-0.1, -0.05) is 20.8 Å². The molecule has 1 atom stereocenters. The standard InChI is InChI=1S/C15H30N6O.HI/c1-7-16-14(17-9-12(22-6)15(3,4)5)18-10-13-20-19-11-21(13)8-2;/h11-12H,7-10H2,1-6H3,(H2,16,17,18);1H. The van der Waals surface area contributed by atoms with E-state index in [-0.39, 0.29) is 35.5 Å². The third-order valence-corrected chi connectivity index (χ3v) is 3.46. The Morgan fingerprint density at radius 2 is 2.04 bits per heavy atom. The van der Waals surface area contributed by atoms with Gasteiger partial charge in [0.1, 0.15) is 12.9 Å². The average Bonchev–Trinajstić information content (AvgIpc) is 2.91. The number of hydrogen-bond donors (Lipinski definition) is 2. The predicted molar refractivity (Wildman–Crippen MR) is 104 cm³/mol. The Kier molecular flexibility index (Phi) is 10.4. The first-order chi connectivity index (χ1) is 10.4. The highest BCUT2D eigenvalue weighted by Gasteiger charge is 2.24. The summed E-state index contributed by atoms with van der Waals surface area (Å²) in [5, 5.41) is 14.6. The minimum Gasteiger partial charge on any atom is -0.379 e. The van der Waals surface area contributed by atoms with Crippen LogP contribution in [0.2, 0.25) is 0 Å². The first-order valence-electron chi connectivity index (χ1n) is 7.84. The molecule has 1 heterocycles. The molecule has 0 spiro atoms. The van der Waals surface area contributed by atoms with Crippen LogP contribution in [0.1, 0.15) is 40.4 Å². The van der Waals surface area contributed by atoms with Crippen LogP contribution < -0.4 is 10.6 Å². The zero-order valence-electron chi connectivity index (χ0n) is 15.1. The number of aryl methyl sites for hydroxylation is 1. The number of nitrogens with one attached hydrogen (secondary N) is 2. The molecule has 0 aliphatic carbocycles. The van der Waals surface area contributed by atoms with Gasteiger partial charge in [0.2, 0.25) is 0 Å². The van der Waals surface area contributed by atoms with Crippen molar-refractivity contribution >= 4 is 29.9 Å². The van der Waals surface area contributed by atoms with Crippen molar-refractivity contribution < 1.29 is 4.74 Å². The summed E-state index contributed by atoms with van der Waals surface area (Å²) >= 11 is 0. The molecule has 0 saturated carbocycles. The Bertz CT molecular complexity index is 469. The van der Waals surface area contributed by atoms with Crippen LogP contribution >= 0.6 is 24.0 Å². The maximum atomic E-state index is 5.56. The molecule has 2 N–H and O–H groups in total. The van der Waals surface area contributed by atoms with Crippen LogP contribution in [0.5, 0.6) is 0 Å². The van der Waals surface area contributed by atoms with Gasteiger partial charge < -0.3 is 19.9 Å². The molecular formula is C15H31IN6O. The van der Waals surface area contributed by atoms with Crippen LogP contribution in [0.15, 0.2) is 11.3 Å². The Balaban J connectivity index is 0.00000484. The van der Waals surface area contributed by atoms with Gasteiger partial charge >= 0.3 is 0 Å². The number of ether oxygens (including phenoxy) is 1. The zero-order chi connectivity index (χ0) is 16.6. The zero-order valence-corrected chi connectivity index (χ0v) is 17.4. The highest BCUT2D eigenvalue weighted by Crippen LogP contribution is 2.20. The van der Waals surface area contributed by atoms with Gasteiger partial charge in [0, 0.05) is 26.7 Å². The summed E-state index contributed by atoms with van der Waals surface area (Å²) in [4.78, 5) is 4.57. The molecule has 134 valence electrons. The van der Waals surface area contributed by atoms with E-state index < -0.39 is 0 Å². The number of hydrogen-bond acceptors (Lipinski definition) is 4. The highest BCUT2D eigenvalue weighted by atomic mass is 127. The van der Waals surface area contributed by atoms with Crippen molar-refractivity contribution in [2.75, 3.05) is 20.2 Å². The molecule has 0 bridgehead atoms. The Hall–Kier alpha value is -0.900. The van der Waals surface area contributed by atoms with Gasteiger partial charge in [0.05, 0.1) is 6.10 Å². The van der Waals surface area contributed by atoms with Crippen molar-refractivity contribution in [1.82, 2.24) is 25.4 Å². The van der Waals surface area contributed by atoms with E-state index in [9.17, 15) is 0 Å². The molecule has 1 unspecified atom stereocenters. The average molecular weight is 438 g/mol. The number of nitrogens with zero attached hydrogens (tertiary/aromatic N) is 4. The Morgan fingerprint density at radius 1 is 1.35 bits per heavy atom. The van der Waals surface area contributed by atoms with Crippen molar-refractivity contribution in [3.63, 3.8) is 0 Å². The Morgan fingerprint density at radius 3 is 2.57 bits per heavy atom. The van der Waals surface area contributed by atoms with E-state index in [4.69, 9.17) is 4.74 Å². The molecule has 1 rings (SSSR count). The number of halogens is 1. The maximum absolute atomic E-state index is 5.56. The van der Waals surface area contributed by atoms with Crippen molar-refractivity contribution in [1.29, 1.82) is 0 Å². The summed E-state index contributed by atoms with van der Waals surface area (Å²) in [5.74, 6) is 1.62. The van der Waals surface area contributed by atoms with Gasteiger partial charge in [0.25, 0.3) is 0 Å². The smallest absolute Gasteiger partial charge is 0.191 e. The summed E-state index contributed by atoms with van der Waals surface area (Å²) in [6, 6.07) is 0. The fourth-order valence-corrected chi connectivity index (χ4v) is 2.09. The predicted octanol–water partition coefficient (Wildman–Crippen LogP) is 2.03. The summed E-state index contributed by atoms with van der Waals surface area (Å²) in [6.45, 7) is 13.4. The first kappa shape index (κ1) is 22.1. The van der Waals surface area contributed by atoms with Crippen LogP contribution in [0, 0.1) is 5.41 Å². The summed E-state index contributed by atoms with van der Waals surface area (Å²) < 4.78 is 7.54. The van der Waals surface area contributed by atoms with E-state index in [2.05, 4.69) is 53.5 Å². The van der Waals surface area contributed by atoms with Crippen molar-refractivity contribution in [2.24, 2.45) is 10.4 Å². The van der Waals surface area contributed by atoms with E-state index in [1.165, 1.54) is 0 Å². The van der Waals surface area contributed by atoms with Gasteiger partial charge in [-0.3, -0.25) is 0 Å². The number of aliphatic imine (C=N–C) groups is 1. The number of aromatic nitrogens is 3. The SMILES string of the molecule is CCNC(=NCc1nncn1CC)NCC(OC)C(C)(C)C.I.